The molecule has 2 heterocycles. The van der Waals surface area contributed by atoms with Crippen molar-refractivity contribution in [1.29, 1.82) is 0 Å². The van der Waals surface area contributed by atoms with E-state index >= 15 is 0 Å². The van der Waals surface area contributed by atoms with E-state index in [1.165, 1.54) is 6.92 Å². The Bertz CT molecular complexity index is 578. The Morgan fingerprint density at radius 2 is 2.22 bits per heavy atom. The summed E-state index contributed by atoms with van der Waals surface area (Å²) in [7, 11) is -3.95. The predicted octanol–water partition coefficient (Wildman–Crippen LogP) is -0.00998. The third-order valence-electron chi connectivity index (χ3n) is 3.19. The lowest BCUT2D eigenvalue weighted by Gasteiger charge is -2.20. The van der Waals surface area contributed by atoms with Crippen molar-refractivity contribution in [1.82, 2.24) is 15.1 Å². The molecule has 0 aromatic carbocycles. The van der Waals surface area contributed by atoms with Gasteiger partial charge in [-0.2, -0.15) is 5.10 Å². The number of carbonyl (C=O) groups is 1. The normalized spacial score (nSPS) is 20.4. The third-order valence-corrected chi connectivity index (χ3v) is 4.26. The quantitative estimate of drug-likeness (QED) is 0.789. The van der Waals surface area contributed by atoms with E-state index in [9.17, 15) is 13.2 Å². The monoisotopic (exact) mass is 272 g/mol. The molecule has 1 saturated heterocycles. The number of primary sulfonamides is 1. The third kappa shape index (κ3) is 2.13. The maximum atomic E-state index is 12.3. The summed E-state index contributed by atoms with van der Waals surface area (Å²) in [5, 5.41) is 11.4. The molecule has 7 nitrogen and oxygen atoms in total. The van der Waals surface area contributed by atoms with E-state index in [1.54, 1.807) is 4.90 Å². The molecular weight excluding hydrogens is 256 g/mol. The minimum atomic E-state index is -3.95. The molecule has 8 heteroatoms. The van der Waals surface area contributed by atoms with E-state index in [0.717, 1.165) is 12.8 Å². The number of rotatable bonds is 2. The zero-order valence-corrected chi connectivity index (χ0v) is 11.1. The van der Waals surface area contributed by atoms with Crippen LogP contribution in [0.15, 0.2) is 4.90 Å². The van der Waals surface area contributed by atoms with Crippen LogP contribution in [0.5, 0.6) is 0 Å². The van der Waals surface area contributed by atoms with Crippen LogP contribution in [0.4, 0.5) is 0 Å². The molecule has 0 saturated carbocycles. The van der Waals surface area contributed by atoms with Gasteiger partial charge >= 0.3 is 0 Å². The molecule has 0 spiro atoms. The number of H-pyrrole nitrogens is 1. The number of amides is 1. The summed E-state index contributed by atoms with van der Waals surface area (Å²) in [5.41, 5.74) is 0.177. The molecule has 0 bridgehead atoms. The van der Waals surface area contributed by atoms with Crippen molar-refractivity contribution in [3.63, 3.8) is 0 Å². The predicted molar refractivity (Wildman–Crippen MR) is 64.4 cm³/mol. The second-order valence-electron chi connectivity index (χ2n) is 4.56. The van der Waals surface area contributed by atoms with Crippen LogP contribution >= 0.6 is 0 Å². The molecule has 0 aliphatic carbocycles. The first-order valence-electron chi connectivity index (χ1n) is 5.71. The number of hydrogen-bond acceptors (Lipinski definition) is 4. The first-order valence-corrected chi connectivity index (χ1v) is 7.25. The van der Waals surface area contributed by atoms with Crippen LogP contribution in [-0.4, -0.2) is 42.0 Å². The van der Waals surface area contributed by atoms with Crippen molar-refractivity contribution >= 4 is 15.9 Å². The second kappa shape index (κ2) is 4.36. The maximum absolute atomic E-state index is 12.3. The summed E-state index contributed by atoms with van der Waals surface area (Å²) < 4.78 is 23.0. The standard InChI is InChI=1S/C10H16N4O3S/c1-6-4-3-5-14(6)10(15)8-9(18(11,16)17)7(2)12-13-8/h6H,3-5H2,1-2H3,(H,12,13)(H2,11,16,17). The van der Waals surface area contributed by atoms with E-state index in [0.29, 0.717) is 6.54 Å². The van der Waals surface area contributed by atoms with Gasteiger partial charge in [0, 0.05) is 12.6 Å². The van der Waals surface area contributed by atoms with Gasteiger partial charge in [0.05, 0.1) is 5.69 Å². The van der Waals surface area contributed by atoms with Gasteiger partial charge in [0.25, 0.3) is 5.91 Å². The molecule has 1 aliphatic heterocycles. The van der Waals surface area contributed by atoms with E-state index < -0.39 is 10.0 Å². The number of sulfonamides is 1. The van der Waals surface area contributed by atoms with Crippen LogP contribution in [0.25, 0.3) is 0 Å². The second-order valence-corrected chi connectivity index (χ2v) is 6.06. The Morgan fingerprint density at radius 1 is 1.56 bits per heavy atom. The zero-order valence-electron chi connectivity index (χ0n) is 10.3. The Balaban J connectivity index is 2.43. The lowest BCUT2D eigenvalue weighted by atomic mass is 10.2. The number of nitrogens with zero attached hydrogens (tertiary/aromatic N) is 2. The lowest BCUT2D eigenvalue weighted by Crippen LogP contribution is -2.35. The van der Waals surface area contributed by atoms with Crippen molar-refractivity contribution in [2.75, 3.05) is 6.54 Å². The zero-order chi connectivity index (χ0) is 13.5. The van der Waals surface area contributed by atoms with E-state index in [4.69, 9.17) is 5.14 Å². The first kappa shape index (κ1) is 13.0. The van der Waals surface area contributed by atoms with Crippen LogP contribution in [0, 0.1) is 6.92 Å². The Hall–Kier alpha value is -1.41. The highest BCUT2D eigenvalue weighted by Gasteiger charge is 2.32. The molecule has 2 rings (SSSR count). The molecule has 1 atom stereocenters. The summed E-state index contributed by atoms with van der Waals surface area (Å²) in [5.74, 6) is -0.381. The molecule has 1 amide bonds. The number of aromatic nitrogens is 2. The Labute approximate surface area is 105 Å². The van der Waals surface area contributed by atoms with E-state index in [1.807, 2.05) is 6.92 Å². The van der Waals surface area contributed by atoms with Crippen molar-refractivity contribution in [2.24, 2.45) is 5.14 Å². The van der Waals surface area contributed by atoms with Gasteiger partial charge in [-0.25, -0.2) is 13.6 Å². The number of hydrogen-bond donors (Lipinski definition) is 2. The number of aryl methyl sites for hydroxylation is 1. The van der Waals surface area contributed by atoms with Crippen molar-refractivity contribution in [3.8, 4) is 0 Å². The van der Waals surface area contributed by atoms with Gasteiger partial charge in [-0.3, -0.25) is 9.89 Å². The van der Waals surface area contributed by atoms with Crippen molar-refractivity contribution in [3.05, 3.63) is 11.4 Å². The van der Waals surface area contributed by atoms with Crippen molar-refractivity contribution in [2.45, 2.75) is 37.6 Å². The smallest absolute Gasteiger partial charge is 0.276 e. The molecule has 0 radical (unpaired) electrons. The first-order chi connectivity index (χ1) is 8.32. The fourth-order valence-corrected chi connectivity index (χ4v) is 3.16. The average Bonchev–Trinajstić information content (AvgIpc) is 2.82. The minimum Gasteiger partial charge on any atom is -0.335 e. The molecule has 1 fully saturated rings. The summed E-state index contributed by atoms with van der Waals surface area (Å²) >= 11 is 0. The highest BCUT2D eigenvalue weighted by molar-refractivity contribution is 7.89. The number of carbonyl (C=O) groups excluding carboxylic acids is 1. The molecule has 1 aromatic rings. The van der Waals surface area contributed by atoms with Crippen LogP contribution in [-0.2, 0) is 10.0 Å². The average molecular weight is 272 g/mol. The summed E-state index contributed by atoms with van der Waals surface area (Å²) in [6, 6.07) is 0.0998. The van der Waals surface area contributed by atoms with Crippen molar-refractivity contribution < 1.29 is 13.2 Å². The van der Waals surface area contributed by atoms with E-state index in [-0.39, 0.29) is 28.2 Å². The van der Waals surface area contributed by atoms with Gasteiger partial charge in [-0.05, 0) is 26.7 Å². The lowest BCUT2D eigenvalue weighted by molar-refractivity contribution is 0.0737. The summed E-state index contributed by atoms with van der Waals surface area (Å²) in [6.45, 7) is 4.08. The number of nitrogens with one attached hydrogen (secondary N) is 1. The van der Waals surface area contributed by atoms with Gasteiger partial charge in [0.15, 0.2) is 5.69 Å². The van der Waals surface area contributed by atoms with Crippen LogP contribution in [0.3, 0.4) is 0 Å². The number of nitrogens with two attached hydrogens (primary N) is 1. The van der Waals surface area contributed by atoms with Crippen LogP contribution < -0.4 is 5.14 Å². The maximum Gasteiger partial charge on any atom is 0.276 e. The molecule has 1 aromatic heterocycles. The van der Waals surface area contributed by atoms with Crippen LogP contribution in [0.1, 0.15) is 35.9 Å². The van der Waals surface area contributed by atoms with Gasteiger partial charge < -0.3 is 4.90 Å². The highest BCUT2D eigenvalue weighted by atomic mass is 32.2. The van der Waals surface area contributed by atoms with E-state index in [2.05, 4.69) is 10.2 Å². The fourth-order valence-electron chi connectivity index (χ4n) is 2.28. The molecular formula is C10H16N4O3S. The largest absolute Gasteiger partial charge is 0.335 e. The highest BCUT2D eigenvalue weighted by Crippen LogP contribution is 2.23. The molecule has 3 N–H and O–H groups in total. The SMILES string of the molecule is Cc1[nH]nc(C(=O)N2CCCC2C)c1S(N)(=O)=O. The number of likely N-dealkylation sites (tertiary alicyclic amines) is 1. The molecule has 100 valence electrons. The Kier molecular flexibility index (Phi) is 3.16. The van der Waals surface area contributed by atoms with Gasteiger partial charge in [-0.15, -0.1) is 0 Å². The minimum absolute atomic E-state index is 0.0998. The van der Waals surface area contributed by atoms with Gasteiger partial charge in [0.1, 0.15) is 4.90 Å². The van der Waals surface area contributed by atoms with Gasteiger partial charge in [0.2, 0.25) is 10.0 Å². The summed E-state index contributed by atoms with van der Waals surface area (Å²) in [6.07, 6.45) is 1.83. The van der Waals surface area contributed by atoms with Gasteiger partial charge in [-0.1, -0.05) is 0 Å². The molecule has 1 aliphatic rings. The topological polar surface area (TPSA) is 109 Å². The summed E-state index contributed by atoms with van der Waals surface area (Å²) in [4.78, 5) is 13.7. The molecule has 18 heavy (non-hydrogen) atoms. The Morgan fingerprint density at radius 3 is 2.72 bits per heavy atom. The number of aromatic amines is 1. The molecule has 1 unspecified atom stereocenters. The fraction of sp³-hybridized carbons (Fsp3) is 0.600. The van der Waals surface area contributed by atoms with Crippen LogP contribution in [0.2, 0.25) is 0 Å².